The lowest BCUT2D eigenvalue weighted by molar-refractivity contribution is -0.385. The number of benzene rings is 1. The number of ketones is 3. The lowest BCUT2D eigenvalue weighted by atomic mass is 9.62. The summed E-state index contributed by atoms with van der Waals surface area (Å²) in [4.78, 5) is 50.3. The number of non-ortho nitro benzene ring substituents is 1. The van der Waals surface area contributed by atoms with Crippen LogP contribution in [0.15, 0.2) is 29.5 Å². The second kappa shape index (κ2) is 6.59. The van der Waals surface area contributed by atoms with Crippen molar-refractivity contribution in [3.8, 4) is 5.75 Å². The van der Waals surface area contributed by atoms with Crippen molar-refractivity contribution >= 4 is 23.0 Å². The fraction of sp³-hybridized carbons (Fsp3) is 0.522. The van der Waals surface area contributed by atoms with Crippen LogP contribution in [0.5, 0.6) is 5.75 Å². The van der Waals surface area contributed by atoms with Crippen LogP contribution in [-0.4, -0.2) is 22.3 Å². The fourth-order valence-electron chi connectivity index (χ4n) is 5.11. The molecule has 1 aliphatic heterocycles. The predicted octanol–water partition coefficient (Wildman–Crippen LogP) is 4.29. The van der Waals surface area contributed by atoms with Gasteiger partial charge in [-0.3, -0.25) is 24.5 Å². The zero-order chi connectivity index (χ0) is 22.0. The summed E-state index contributed by atoms with van der Waals surface area (Å²) in [6.45, 7) is 7.69. The third kappa shape index (κ3) is 3.36. The SMILES string of the molecule is CC1(C)CC(=O)C(C2C3=C(CC(C)(C)CC3=O)Oc3ccc([N+](=O)[O-])cc32)C(=O)C1. The molecule has 7 heteroatoms. The molecule has 0 radical (unpaired) electrons. The minimum Gasteiger partial charge on any atom is -0.461 e. The van der Waals surface area contributed by atoms with Crippen LogP contribution in [0, 0.1) is 26.9 Å². The first-order chi connectivity index (χ1) is 13.9. The van der Waals surface area contributed by atoms with Crippen molar-refractivity contribution in [2.45, 2.75) is 59.3 Å². The first-order valence-electron chi connectivity index (χ1n) is 10.2. The summed E-state index contributed by atoms with van der Waals surface area (Å²) in [5.41, 5.74) is -0.180. The zero-order valence-electron chi connectivity index (χ0n) is 17.6. The number of fused-ring (bicyclic) bond motifs is 1. The molecule has 7 nitrogen and oxygen atoms in total. The molecule has 2 aliphatic carbocycles. The Bertz CT molecular complexity index is 1010. The largest absolute Gasteiger partial charge is 0.461 e. The van der Waals surface area contributed by atoms with E-state index in [9.17, 15) is 24.5 Å². The molecule has 1 aromatic carbocycles. The van der Waals surface area contributed by atoms with E-state index in [-0.39, 0.29) is 47.7 Å². The molecule has 0 bridgehead atoms. The molecule has 1 saturated carbocycles. The van der Waals surface area contributed by atoms with E-state index in [0.717, 1.165) is 0 Å². The van der Waals surface area contributed by atoms with Gasteiger partial charge in [0.15, 0.2) is 5.78 Å². The van der Waals surface area contributed by atoms with Crippen molar-refractivity contribution in [1.29, 1.82) is 0 Å². The Labute approximate surface area is 174 Å². The van der Waals surface area contributed by atoms with Gasteiger partial charge in [-0.1, -0.05) is 27.7 Å². The highest BCUT2D eigenvalue weighted by atomic mass is 16.6. The monoisotopic (exact) mass is 411 g/mol. The molecule has 0 saturated heterocycles. The van der Waals surface area contributed by atoms with Crippen LogP contribution in [0.3, 0.4) is 0 Å². The highest BCUT2D eigenvalue weighted by Crippen LogP contribution is 2.53. The number of rotatable bonds is 2. The number of nitro benzene ring substituents is 1. The minimum absolute atomic E-state index is 0.158. The van der Waals surface area contributed by atoms with Crippen LogP contribution in [0.4, 0.5) is 5.69 Å². The molecule has 0 aromatic heterocycles. The Morgan fingerprint density at radius 2 is 1.53 bits per heavy atom. The van der Waals surface area contributed by atoms with Crippen LogP contribution in [0.1, 0.15) is 64.9 Å². The number of hydrogen-bond acceptors (Lipinski definition) is 6. The average molecular weight is 411 g/mol. The molecule has 1 unspecified atom stereocenters. The Morgan fingerprint density at radius 1 is 0.933 bits per heavy atom. The second-order valence-electron chi connectivity index (χ2n) is 10.3. The smallest absolute Gasteiger partial charge is 0.269 e. The standard InChI is InChI=1S/C23H25NO6/c1-22(2)8-14(25)20(15(26)9-22)19-13-7-12(24(28)29)5-6-17(13)30-18-11-23(3,4)10-16(27)21(18)19/h5-7,19-20H,8-11H2,1-4H3. The number of carbonyl (C=O) groups is 3. The number of hydrogen-bond donors (Lipinski definition) is 0. The maximum Gasteiger partial charge on any atom is 0.269 e. The van der Waals surface area contributed by atoms with Gasteiger partial charge in [0.05, 0.1) is 10.8 Å². The summed E-state index contributed by atoms with van der Waals surface area (Å²) in [5.74, 6) is -1.58. The van der Waals surface area contributed by atoms with Gasteiger partial charge in [-0.15, -0.1) is 0 Å². The summed E-state index contributed by atoms with van der Waals surface area (Å²) >= 11 is 0. The summed E-state index contributed by atoms with van der Waals surface area (Å²) < 4.78 is 6.02. The third-order valence-electron chi connectivity index (χ3n) is 6.30. The lowest BCUT2D eigenvalue weighted by Crippen LogP contribution is -2.44. The van der Waals surface area contributed by atoms with E-state index < -0.39 is 22.2 Å². The highest BCUT2D eigenvalue weighted by Gasteiger charge is 2.51. The Kier molecular flexibility index (Phi) is 4.49. The first kappa shape index (κ1) is 20.4. The molecule has 1 atom stereocenters. The van der Waals surface area contributed by atoms with Crippen LogP contribution in [0.25, 0.3) is 0 Å². The zero-order valence-corrected chi connectivity index (χ0v) is 17.6. The van der Waals surface area contributed by atoms with E-state index in [1.54, 1.807) is 0 Å². The second-order valence-corrected chi connectivity index (χ2v) is 10.3. The van der Waals surface area contributed by atoms with Crippen molar-refractivity contribution in [2.75, 3.05) is 0 Å². The van der Waals surface area contributed by atoms with E-state index in [4.69, 9.17) is 4.74 Å². The van der Waals surface area contributed by atoms with E-state index in [2.05, 4.69) is 0 Å². The van der Waals surface area contributed by atoms with E-state index in [0.29, 0.717) is 29.1 Å². The van der Waals surface area contributed by atoms with Crippen LogP contribution in [0.2, 0.25) is 0 Å². The quantitative estimate of drug-likeness (QED) is 0.409. The van der Waals surface area contributed by atoms with Gasteiger partial charge in [-0.2, -0.15) is 0 Å². The number of allylic oxidation sites excluding steroid dienone is 2. The number of carbonyl (C=O) groups excluding carboxylic acids is 3. The molecule has 158 valence electrons. The van der Waals surface area contributed by atoms with Gasteiger partial charge in [-0.05, 0) is 16.9 Å². The molecule has 0 N–H and O–H groups in total. The minimum atomic E-state index is -1.02. The van der Waals surface area contributed by atoms with Crippen LogP contribution in [-0.2, 0) is 14.4 Å². The van der Waals surface area contributed by atoms with Crippen LogP contribution < -0.4 is 4.74 Å². The van der Waals surface area contributed by atoms with E-state index in [1.807, 2.05) is 27.7 Å². The molecule has 1 fully saturated rings. The Hall–Kier alpha value is -2.83. The molecule has 0 amide bonds. The maximum absolute atomic E-state index is 13.2. The van der Waals surface area contributed by atoms with Crippen molar-refractivity contribution < 1.29 is 24.0 Å². The number of nitro groups is 1. The normalized spacial score (nSPS) is 25.5. The molecule has 3 aliphatic rings. The number of Topliss-reactive ketones (excluding diaryl/α,β-unsaturated/α-hetero) is 3. The summed E-state index contributed by atoms with van der Waals surface area (Å²) in [5, 5.41) is 11.4. The fourth-order valence-corrected chi connectivity index (χ4v) is 5.11. The van der Waals surface area contributed by atoms with Crippen molar-refractivity contribution in [3.05, 3.63) is 45.2 Å². The van der Waals surface area contributed by atoms with Crippen molar-refractivity contribution in [2.24, 2.45) is 16.7 Å². The van der Waals surface area contributed by atoms with Gasteiger partial charge in [-0.25, -0.2) is 0 Å². The van der Waals surface area contributed by atoms with Gasteiger partial charge < -0.3 is 4.74 Å². The van der Waals surface area contributed by atoms with Gasteiger partial charge in [0.2, 0.25) is 0 Å². The van der Waals surface area contributed by atoms with E-state index in [1.165, 1.54) is 18.2 Å². The van der Waals surface area contributed by atoms with Gasteiger partial charge in [0, 0.05) is 54.9 Å². The molecular weight excluding hydrogens is 386 g/mol. The first-order valence-corrected chi connectivity index (χ1v) is 10.2. The highest BCUT2D eigenvalue weighted by molar-refractivity contribution is 6.09. The van der Waals surface area contributed by atoms with Crippen LogP contribution >= 0.6 is 0 Å². The summed E-state index contributed by atoms with van der Waals surface area (Å²) in [7, 11) is 0. The molecule has 0 spiro atoms. The summed E-state index contributed by atoms with van der Waals surface area (Å²) in [6, 6.07) is 4.18. The van der Waals surface area contributed by atoms with Crippen molar-refractivity contribution in [3.63, 3.8) is 0 Å². The topological polar surface area (TPSA) is 104 Å². The molecule has 4 rings (SSSR count). The van der Waals surface area contributed by atoms with Gasteiger partial charge in [0.1, 0.15) is 23.1 Å². The molecule has 1 aromatic rings. The maximum atomic E-state index is 13.2. The summed E-state index contributed by atoms with van der Waals surface area (Å²) in [6.07, 6.45) is 1.23. The number of ether oxygens (including phenoxy) is 1. The molecule has 1 heterocycles. The van der Waals surface area contributed by atoms with Gasteiger partial charge in [0.25, 0.3) is 5.69 Å². The third-order valence-corrected chi connectivity index (χ3v) is 6.30. The van der Waals surface area contributed by atoms with Gasteiger partial charge >= 0.3 is 0 Å². The Morgan fingerprint density at radius 3 is 2.13 bits per heavy atom. The number of nitrogens with zero attached hydrogens (tertiary/aromatic N) is 1. The average Bonchev–Trinajstić information content (AvgIpc) is 2.57. The van der Waals surface area contributed by atoms with Crippen molar-refractivity contribution in [1.82, 2.24) is 0 Å². The lowest BCUT2D eigenvalue weighted by Gasteiger charge is -2.42. The molecular formula is C23H25NO6. The predicted molar refractivity (Wildman–Crippen MR) is 108 cm³/mol. The van der Waals surface area contributed by atoms with E-state index >= 15 is 0 Å². The Balaban J connectivity index is 1.91. The molecule has 30 heavy (non-hydrogen) atoms.